The molecule has 2 fully saturated rings. The minimum Gasteiger partial charge on any atom is -0.379 e. The molecule has 0 aromatic heterocycles. The van der Waals surface area contributed by atoms with Crippen LogP contribution in [0.1, 0.15) is 12.8 Å². The molecule has 5 nitrogen and oxygen atoms in total. The highest BCUT2D eigenvalue weighted by Gasteiger charge is 2.30. The zero-order chi connectivity index (χ0) is 16.3. The summed E-state index contributed by atoms with van der Waals surface area (Å²) in [6, 6.07) is 6.41. The Balaban J connectivity index is 1.56. The molecule has 0 saturated carbocycles. The fourth-order valence-electron chi connectivity index (χ4n) is 3.24. The first kappa shape index (κ1) is 17.2. The van der Waals surface area contributed by atoms with E-state index in [1.165, 1.54) is 0 Å². The minimum atomic E-state index is -3.39. The van der Waals surface area contributed by atoms with Crippen LogP contribution in [0.3, 0.4) is 0 Å². The molecular weight excluding hydrogens is 336 g/mol. The van der Waals surface area contributed by atoms with Crippen LogP contribution in [0.25, 0.3) is 0 Å². The molecule has 0 atom stereocenters. The molecule has 0 unspecified atom stereocenters. The lowest BCUT2D eigenvalue weighted by atomic mass is 9.97. The molecule has 2 heterocycles. The van der Waals surface area contributed by atoms with Crippen LogP contribution in [0.5, 0.6) is 0 Å². The summed E-state index contributed by atoms with van der Waals surface area (Å²) in [5.41, 5.74) is 0. The number of ether oxygens (including phenoxy) is 1. The molecule has 2 saturated heterocycles. The summed E-state index contributed by atoms with van der Waals surface area (Å²) in [4.78, 5) is 2.76. The Morgan fingerprint density at radius 3 is 2.26 bits per heavy atom. The van der Waals surface area contributed by atoms with Gasteiger partial charge in [0, 0.05) is 37.7 Å². The lowest BCUT2D eigenvalue weighted by Crippen LogP contribution is -2.44. The van der Waals surface area contributed by atoms with E-state index in [2.05, 4.69) is 4.90 Å². The van der Waals surface area contributed by atoms with Gasteiger partial charge >= 0.3 is 0 Å². The average Bonchev–Trinajstić information content (AvgIpc) is 2.57. The Kier molecular flexibility index (Phi) is 5.59. The summed E-state index contributed by atoms with van der Waals surface area (Å²) in [7, 11) is -3.39. The van der Waals surface area contributed by atoms with E-state index in [-0.39, 0.29) is 0 Å². The second-order valence-corrected chi connectivity index (χ2v) is 8.59. The number of piperidine rings is 1. The Bertz CT molecular complexity index is 607. The van der Waals surface area contributed by atoms with Gasteiger partial charge in [-0.2, -0.15) is 4.31 Å². The summed E-state index contributed by atoms with van der Waals surface area (Å²) in [5.74, 6) is 0.574. The van der Waals surface area contributed by atoms with Crippen molar-refractivity contribution < 1.29 is 13.2 Å². The van der Waals surface area contributed by atoms with Crippen LogP contribution in [-0.4, -0.2) is 63.6 Å². The molecule has 0 bridgehead atoms. The van der Waals surface area contributed by atoms with Gasteiger partial charge in [-0.05, 0) is 43.0 Å². The van der Waals surface area contributed by atoms with Crippen molar-refractivity contribution in [1.29, 1.82) is 0 Å². The average molecular weight is 359 g/mol. The van der Waals surface area contributed by atoms with E-state index in [4.69, 9.17) is 16.3 Å². The maximum atomic E-state index is 12.7. The molecule has 3 rings (SSSR count). The Hall–Kier alpha value is -0.660. The highest BCUT2D eigenvalue weighted by atomic mass is 35.5. The number of sulfonamides is 1. The number of rotatable bonds is 4. The molecular formula is C16H23ClN2O3S. The monoisotopic (exact) mass is 358 g/mol. The molecule has 0 amide bonds. The molecule has 1 aromatic carbocycles. The van der Waals surface area contributed by atoms with E-state index in [0.717, 1.165) is 45.7 Å². The summed E-state index contributed by atoms with van der Waals surface area (Å²) in [6.07, 6.45) is 1.84. The van der Waals surface area contributed by atoms with Crippen LogP contribution < -0.4 is 0 Å². The van der Waals surface area contributed by atoms with Crippen LogP contribution >= 0.6 is 11.6 Å². The van der Waals surface area contributed by atoms with Crippen molar-refractivity contribution in [3.05, 3.63) is 29.3 Å². The van der Waals surface area contributed by atoms with Crippen LogP contribution in [-0.2, 0) is 14.8 Å². The molecule has 0 spiro atoms. The lowest BCUT2D eigenvalue weighted by molar-refractivity contribution is 0.0269. The molecule has 128 valence electrons. The van der Waals surface area contributed by atoms with Gasteiger partial charge in [0.2, 0.25) is 10.0 Å². The zero-order valence-corrected chi connectivity index (χ0v) is 14.7. The molecule has 0 aliphatic carbocycles. The van der Waals surface area contributed by atoms with E-state index < -0.39 is 10.0 Å². The van der Waals surface area contributed by atoms with Gasteiger partial charge in [-0.3, -0.25) is 4.90 Å². The fourth-order valence-corrected chi connectivity index (χ4v) is 4.83. The SMILES string of the molecule is O=S(=O)(c1ccc(Cl)cc1)N1CCC(CN2CCOCC2)CC1. The predicted octanol–water partition coefficient (Wildman–Crippen LogP) is 2.07. The van der Waals surface area contributed by atoms with E-state index >= 15 is 0 Å². The topological polar surface area (TPSA) is 49.9 Å². The third kappa shape index (κ3) is 4.25. The van der Waals surface area contributed by atoms with E-state index in [1.807, 2.05) is 0 Å². The normalized spacial score (nSPS) is 22.3. The van der Waals surface area contributed by atoms with Crippen LogP contribution in [0, 0.1) is 5.92 Å². The smallest absolute Gasteiger partial charge is 0.243 e. The molecule has 2 aliphatic rings. The molecule has 23 heavy (non-hydrogen) atoms. The molecule has 0 N–H and O–H groups in total. The van der Waals surface area contributed by atoms with Crippen molar-refractivity contribution in [1.82, 2.24) is 9.21 Å². The number of morpholine rings is 1. The second kappa shape index (κ2) is 7.49. The van der Waals surface area contributed by atoms with Crippen LogP contribution in [0.4, 0.5) is 0 Å². The number of halogens is 1. The lowest BCUT2D eigenvalue weighted by Gasteiger charge is -2.35. The maximum Gasteiger partial charge on any atom is 0.243 e. The van der Waals surface area contributed by atoms with Crippen molar-refractivity contribution in [2.24, 2.45) is 5.92 Å². The van der Waals surface area contributed by atoms with Gasteiger partial charge in [0.15, 0.2) is 0 Å². The Morgan fingerprint density at radius 2 is 1.65 bits per heavy atom. The predicted molar refractivity (Wildman–Crippen MR) is 90.2 cm³/mol. The van der Waals surface area contributed by atoms with E-state index in [0.29, 0.717) is 28.9 Å². The second-order valence-electron chi connectivity index (χ2n) is 6.21. The van der Waals surface area contributed by atoms with Crippen molar-refractivity contribution in [3.8, 4) is 0 Å². The minimum absolute atomic E-state index is 0.327. The quantitative estimate of drug-likeness (QED) is 0.826. The highest BCUT2D eigenvalue weighted by molar-refractivity contribution is 7.89. The first-order valence-electron chi connectivity index (χ1n) is 8.11. The summed E-state index contributed by atoms with van der Waals surface area (Å²) >= 11 is 5.84. The molecule has 2 aliphatic heterocycles. The zero-order valence-electron chi connectivity index (χ0n) is 13.2. The van der Waals surface area contributed by atoms with Crippen molar-refractivity contribution in [2.45, 2.75) is 17.7 Å². The standard InChI is InChI=1S/C16H23ClN2O3S/c17-15-1-3-16(4-2-15)23(20,21)19-7-5-14(6-8-19)13-18-9-11-22-12-10-18/h1-4,14H,5-13H2. The van der Waals surface area contributed by atoms with Gasteiger partial charge in [-0.25, -0.2) is 8.42 Å². The first-order chi connectivity index (χ1) is 11.1. The van der Waals surface area contributed by atoms with E-state index in [1.54, 1.807) is 28.6 Å². The number of hydrogen-bond acceptors (Lipinski definition) is 4. The Labute approximate surface area is 143 Å². The van der Waals surface area contributed by atoms with Gasteiger partial charge < -0.3 is 4.74 Å². The third-order valence-electron chi connectivity index (χ3n) is 4.65. The maximum absolute atomic E-state index is 12.7. The van der Waals surface area contributed by atoms with E-state index in [9.17, 15) is 8.42 Å². The van der Waals surface area contributed by atoms with Gasteiger partial charge in [-0.15, -0.1) is 0 Å². The van der Waals surface area contributed by atoms with Gasteiger partial charge in [-0.1, -0.05) is 11.6 Å². The highest BCUT2D eigenvalue weighted by Crippen LogP contribution is 2.25. The van der Waals surface area contributed by atoms with Gasteiger partial charge in [0.1, 0.15) is 0 Å². The molecule has 0 radical (unpaired) electrons. The molecule has 7 heteroatoms. The summed E-state index contributed by atoms with van der Waals surface area (Å²) < 4.78 is 32.3. The van der Waals surface area contributed by atoms with Gasteiger partial charge in [0.05, 0.1) is 18.1 Å². The third-order valence-corrected chi connectivity index (χ3v) is 6.81. The van der Waals surface area contributed by atoms with Crippen molar-refractivity contribution in [3.63, 3.8) is 0 Å². The first-order valence-corrected chi connectivity index (χ1v) is 9.93. The number of nitrogens with zero attached hydrogens (tertiary/aromatic N) is 2. The van der Waals surface area contributed by atoms with Crippen LogP contribution in [0.2, 0.25) is 5.02 Å². The van der Waals surface area contributed by atoms with Crippen molar-refractivity contribution in [2.75, 3.05) is 45.9 Å². The summed E-state index contributed by atoms with van der Waals surface area (Å²) in [6.45, 7) is 5.85. The Morgan fingerprint density at radius 1 is 1.04 bits per heavy atom. The van der Waals surface area contributed by atoms with Crippen LogP contribution in [0.15, 0.2) is 29.2 Å². The van der Waals surface area contributed by atoms with Crippen molar-refractivity contribution >= 4 is 21.6 Å². The number of hydrogen-bond donors (Lipinski definition) is 0. The largest absolute Gasteiger partial charge is 0.379 e. The summed E-state index contributed by atoms with van der Waals surface area (Å²) in [5, 5.41) is 0.549. The van der Waals surface area contributed by atoms with Gasteiger partial charge in [0.25, 0.3) is 0 Å². The number of benzene rings is 1. The fraction of sp³-hybridized carbons (Fsp3) is 0.625. The molecule has 1 aromatic rings.